The van der Waals surface area contributed by atoms with Crippen LogP contribution in [0.5, 0.6) is 5.75 Å². The van der Waals surface area contributed by atoms with Crippen molar-refractivity contribution in [2.24, 2.45) is 0 Å². The summed E-state index contributed by atoms with van der Waals surface area (Å²) in [4.78, 5) is 22.1. The van der Waals surface area contributed by atoms with E-state index in [-0.39, 0.29) is 17.1 Å². The van der Waals surface area contributed by atoms with Crippen LogP contribution in [0.3, 0.4) is 0 Å². The van der Waals surface area contributed by atoms with Gasteiger partial charge in [-0.15, -0.1) is 0 Å². The summed E-state index contributed by atoms with van der Waals surface area (Å²) < 4.78 is 0. The molecule has 0 aliphatic heterocycles. The lowest BCUT2D eigenvalue weighted by Gasteiger charge is -2.07. The lowest BCUT2D eigenvalue weighted by Crippen LogP contribution is -1.92. The van der Waals surface area contributed by atoms with Gasteiger partial charge in [0.15, 0.2) is 12.1 Å². The molecule has 3 nitrogen and oxygen atoms in total. The zero-order chi connectivity index (χ0) is 13.1. The van der Waals surface area contributed by atoms with E-state index in [1.807, 2.05) is 0 Å². The average molecular weight is 240 g/mol. The molecule has 0 atom stereocenters. The van der Waals surface area contributed by atoms with Gasteiger partial charge in [-0.25, -0.2) is 0 Å². The number of hydrogen-bond acceptors (Lipinski definition) is 3. The number of aldehydes is 1. The van der Waals surface area contributed by atoms with Crippen molar-refractivity contribution in [3.8, 4) is 16.9 Å². The van der Waals surface area contributed by atoms with Crippen LogP contribution in [0.15, 0.2) is 42.5 Å². The van der Waals surface area contributed by atoms with Gasteiger partial charge in [0.25, 0.3) is 0 Å². The SMILES string of the molecule is CC(=O)c1cccc(-c2cccc(C=O)c2O)c1. The smallest absolute Gasteiger partial charge is 0.159 e. The maximum atomic E-state index is 11.3. The molecule has 0 saturated carbocycles. The Labute approximate surface area is 105 Å². The monoisotopic (exact) mass is 240 g/mol. The topological polar surface area (TPSA) is 54.4 Å². The predicted octanol–water partition coefficient (Wildman–Crippen LogP) is 3.07. The van der Waals surface area contributed by atoms with E-state index in [2.05, 4.69) is 0 Å². The Balaban J connectivity index is 2.58. The first-order chi connectivity index (χ1) is 8.63. The van der Waals surface area contributed by atoms with E-state index < -0.39 is 0 Å². The number of rotatable bonds is 3. The van der Waals surface area contributed by atoms with E-state index in [4.69, 9.17) is 0 Å². The third-order valence-corrected chi connectivity index (χ3v) is 2.77. The van der Waals surface area contributed by atoms with Gasteiger partial charge in [-0.2, -0.15) is 0 Å². The second-order valence-electron chi connectivity index (χ2n) is 4.00. The van der Waals surface area contributed by atoms with Crippen LogP contribution in [0.1, 0.15) is 27.6 Å². The maximum Gasteiger partial charge on any atom is 0.159 e. The van der Waals surface area contributed by atoms with Gasteiger partial charge in [0.1, 0.15) is 5.75 Å². The number of hydrogen-bond donors (Lipinski definition) is 1. The van der Waals surface area contributed by atoms with Gasteiger partial charge < -0.3 is 5.11 Å². The molecule has 0 amide bonds. The molecule has 90 valence electrons. The van der Waals surface area contributed by atoms with Crippen molar-refractivity contribution in [1.82, 2.24) is 0 Å². The lowest BCUT2D eigenvalue weighted by atomic mass is 9.99. The van der Waals surface area contributed by atoms with E-state index in [1.54, 1.807) is 42.5 Å². The van der Waals surface area contributed by atoms with Gasteiger partial charge >= 0.3 is 0 Å². The largest absolute Gasteiger partial charge is 0.507 e. The summed E-state index contributed by atoms with van der Waals surface area (Å²) in [5.41, 5.74) is 2.07. The fraction of sp³-hybridized carbons (Fsp3) is 0.0667. The summed E-state index contributed by atoms with van der Waals surface area (Å²) in [6.45, 7) is 1.49. The zero-order valence-electron chi connectivity index (χ0n) is 9.88. The summed E-state index contributed by atoms with van der Waals surface area (Å²) in [5, 5.41) is 9.96. The molecule has 0 heterocycles. The first-order valence-corrected chi connectivity index (χ1v) is 5.52. The van der Waals surface area contributed by atoms with Gasteiger partial charge in [0.2, 0.25) is 0 Å². The van der Waals surface area contributed by atoms with Gasteiger partial charge in [0.05, 0.1) is 5.56 Å². The molecule has 0 radical (unpaired) electrons. The summed E-state index contributed by atoms with van der Waals surface area (Å²) >= 11 is 0. The summed E-state index contributed by atoms with van der Waals surface area (Å²) in [6, 6.07) is 11.9. The molecule has 0 unspecified atom stereocenters. The van der Waals surface area contributed by atoms with Crippen LogP contribution >= 0.6 is 0 Å². The molecule has 0 aromatic heterocycles. The first kappa shape index (κ1) is 12.0. The number of benzene rings is 2. The Morgan fingerprint density at radius 3 is 2.56 bits per heavy atom. The number of ketones is 1. The second-order valence-corrected chi connectivity index (χ2v) is 4.00. The highest BCUT2D eigenvalue weighted by Crippen LogP contribution is 2.31. The van der Waals surface area contributed by atoms with Crippen molar-refractivity contribution < 1.29 is 14.7 Å². The quantitative estimate of drug-likeness (QED) is 0.662. The van der Waals surface area contributed by atoms with Crippen LogP contribution < -0.4 is 0 Å². The molecular weight excluding hydrogens is 228 g/mol. The highest BCUT2D eigenvalue weighted by molar-refractivity contribution is 5.96. The van der Waals surface area contributed by atoms with Crippen LogP contribution in [-0.4, -0.2) is 17.2 Å². The fourth-order valence-corrected chi connectivity index (χ4v) is 1.80. The van der Waals surface area contributed by atoms with Crippen molar-refractivity contribution in [3.05, 3.63) is 53.6 Å². The number of para-hydroxylation sites is 1. The highest BCUT2D eigenvalue weighted by atomic mass is 16.3. The molecule has 0 spiro atoms. The minimum absolute atomic E-state index is 0.0390. The molecule has 0 saturated heterocycles. The van der Waals surface area contributed by atoms with Crippen LogP contribution in [0, 0.1) is 0 Å². The Morgan fingerprint density at radius 1 is 1.17 bits per heavy atom. The molecule has 3 heteroatoms. The average Bonchev–Trinajstić information content (AvgIpc) is 2.39. The Kier molecular flexibility index (Phi) is 3.24. The van der Waals surface area contributed by atoms with Crippen molar-refractivity contribution >= 4 is 12.1 Å². The Hall–Kier alpha value is -2.42. The van der Waals surface area contributed by atoms with Gasteiger partial charge in [-0.05, 0) is 24.6 Å². The molecule has 0 aliphatic rings. The first-order valence-electron chi connectivity index (χ1n) is 5.52. The molecular formula is C15H12O3. The number of carbonyl (C=O) groups excluding carboxylic acids is 2. The third kappa shape index (κ3) is 2.15. The van der Waals surface area contributed by atoms with E-state index in [9.17, 15) is 14.7 Å². The minimum atomic E-state index is -0.0618. The van der Waals surface area contributed by atoms with Crippen molar-refractivity contribution in [1.29, 1.82) is 0 Å². The van der Waals surface area contributed by atoms with Gasteiger partial charge in [-0.1, -0.05) is 30.3 Å². The lowest BCUT2D eigenvalue weighted by molar-refractivity contribution is 0.101. The predicted molar refractivity (Wildman–Crippen MR) is 68.9 cm³/mol. The van der Waals surface area contributed by atoms with Crippen LogP contribution in [0.25, 0.3) is 11.1 Å². The maximum absolute atomic E-state index is 11.3. The van der Waals surface area contributed by atoms with E-state index in [1.165, 1.54) is 6.92 Å². The molecule has 2 aromatic carbocycles. The Morgan fingerprint density at radius 2 is 1.89 bits per heavy atom. The molecule has 2 aromatic rings. The Bertz CT molecular complexity index is 615. The molecule has 0 bridgehead atoms. The van der Waals surface area contributed by atoms with Gasteiger partial charge in [-0.3, -0.25) is 9.59 Å². The normalized spacial score (nSPS) is 10.1. The number of phenols is 1. The number of carbonyl (C=O) groups is 2. The molecule has 18 heavy (non-hydrogen) atoms. The van der Waals surface area contributed by atoms with Crippen LogP contribution in [0.2, 0.25) is 0 Å². The zero-order valence-corrected chi connectivity index (χ0v) is 9.88. The molecule has 0 aliphatic carbocycles. The molecule has 0 fully saturated rings. The summed E-state index contributed by atoms with van der Waals surface area (Å²) in [5.74, 6) is -0.101. The van der Waals surface area contributed by atoms with Crippen molar-refractivity contribution in [3.63, 3.8) is 0 Å². The third-order valence-electron chi connectivity index (χ3n) is 2.77. The molecule has 2 rings (SSSR count). The fourth-order valence-electron chi connectivity index (χ4n) is 1.80. The van der Waals surface area contributed by atoms with E-state index >= 15 is 0 Å². The van der Waals surface area contributed by atoms with Gasteiger partial charge in [0, 0.05) is 11.1 Å². The van der Waals surface area contributed by atoms with Crippen LogP contribution in [-0.2, 0) is 0 Å². The van der Waals surface area contributed by atoms with Crippen molar-refractivity contribution in [2.75, 3.05) is 0 Å². The number of Topliss-reactive ketones (excluding diaryl/α,β-unsaturated/α-hetero) is 1. The van der Waals surface area contributed by atoms with E-state index in [0.29, 0.717) is 23.0 Å². The van der Waals surface area contributed by atoms with Crippen molar-refractivity contribution in [2.45, 2.75) is 6.92 Å². The second kappa shape index (κ2) is 4.84. The summed E-state index contributed by atoms with van der Waals surface area (Å²) in [6.07, 6.45) is 0.605. The van der Waals surface area contributed by atoms with Crippen LogP contribution in [0.4, 0.5) is 0 Å². The standard InChI is InChI=1S/C15H12O3/c1-10(17)11-4-2-5-12(8-11)14-7-3-6-13(9-16)15(14)18/h2-9,18H,1H3. The molecule has 1 N–H and O–H groups in total. The number of phenolic OH excluding ortho intramolecular Hbond substituents is 1. The highest BCUT2D eigenvalue weighted by Gasteiger charge is 2.09. The minimum Gasteiger partial charge on any atom is -0.507 e. The summed E-state index contributed by atoms with van der Waals surface area (Å²) in [7, 11) is 0. The van der Waals surface area contributed by atoms with E-state index in [0.717, 1.165) is 0 Å². The number of aromatic hydroxyl groups is 1.